The number of hydrogen-bond acceptors (Lipinski definition) is 8. The molecule has 1 aromatic carbocycles. The van der Waals surface area contributed by atoms with Crippen molar-refractivity contribution in [2.75, 3.05) is 31.1 Å². The summed E-state index contributed by atoms with van der Waals surface area (Å²) in [6.07, 6.45) is 5.58. The van der Waals surface area contributed by atoms with Gasteiger partial charge >= 0.3 is 6.09 Å². The van der Waals surface area contributed by atoms with E-state index in [9.17, 15) is 19.5 Å². The molecule has 0 bridgehead atoms. The maximum Gasteiger partial charge on any atom is 0.414 e. The number of hydrogen-bond donors (Lipinski definition) is 3. The molecule has 0 radical (unpaired) electrons. The maximum atomic E-state index is 13.4. The first-order valence-electron chi connectivity index (χ1n) is 14.7. The van der Waals surface area contributed by atoms with Crippen LogP contribution in [0.1, 0.15) is 54.3 Å². The van der Waals surface area contributed by atoms with E-state index < -0.39 is 12.2 Å². The van der Waals surface area contributed by atoms with Gasteiger partial charge < -0.3 is 25.2 Å². The second-order valence-corrected chi connectivity index (χ2v) is 12.6. The molecule has 0 unspecified atom stereocenters. The molecule has 1 atom stereocenters. The van der Waals surface area contributed by atoms with Crippen molar-refractivity contribution in [1.29, 1.82) is 0 Å². The molecule has 2 fully saturated rings. The van der Waals surface area contributed by atoms with Crippen LogP contribution < -0.4 is 25.8 Å². The number of nitrogens with zero attached hydrogens (tertiary/aromatic N) is 2. The first kappa shape index (κ1) is 31.1. The number of aromatic nitrogens is 1. The third kappa shape index (κ3) is 7.77. The average molecular weight is 629 g/mol. The van der Waals surface area contributed by atoms with Crippen molar-refractivity contribution in [3.63, 3.8) is 0 Å². The van der Waals surface area contributed by atoms with Gasteiger partial charge in [0.1, 0.15) is 12.7 Å². The summed E-state index contributed by atoms with van der Waals surface area (Å²) in [5, 5.41) is 15.9. The van der Waals surface area contributed by atoms with Gasteiger partial charge in [-0.15, -0.1) is 11.3 Å². The Morgan fingerprint density at radius 3 is 2.72 bits per heavy atom. The van der Waals surface area contributed by atoms with Crippen molar-refractivity contribution in [2.24, 2.45) is 0 Å². The predicted octanol–water partition coefficient (Wildman–Crippen LogP) is 4.53. The molecule has 1 aliphatic heterocycles. The lowest BCUT2D eigenvalue weighted by Gasteiger charge is -2.26. The van der Waals surface area contributed by atoms with E-state index in [1.807, 2.05) is 12.1 Å². The molecule has 3 N–H and O–H groups in total. The number of carbonyl (C=O) groups is 2. The number of pyridine rings is 1. The Bertz CT molecular complexity index is 1480. The number of halogens is 1. The van der Waals surface area contributed by atoms with Crippen molar-refractivity contribution < 1.29 is 24.2 Å². The zero-order valence-corrected chi connectivity index (χ0v) is 25.7. The van der Waals surface area contributed by atoms with E-state index in [2.05, 4.69) is 17.6 Å². The Balaban J connectivity index is 1.23. The number of rotatable bonds is 12. The summed E-state index contributed by atoms with van der Waals surface area (Å²) < 4.78 is 13.5. The standard InChI is InChI=1S/C31H37ClN4O6S/c1-2-4-20-17-22(36-19-24(42-31(36)40)18-34-29(38)27-12-13-28(32)43-27)8-11-25(20)35-15-3-5-26(30(35)39)41-16-14-33-21-6-9-23(37)10-7-21/h3,5,8,11-13,15,17,21,23-24,33,37H,2,4,6-7,9-10,14,16,18-19H2,1H3,(H,34,38)/t21?,23?,24-/m0/s1. The molecular weight excluding hydrogens is 592 g/mol. The van der Waals surface area contributed by atoms with Crippen LogP contribution in [0.15, 0.2) is 53.5 Å². The molecule has 2 aromatic heterocycles. The normalized spacial score (nSPS) is 20.2. The lowest BCUT2D eigenvalue weighted by Crippen LogP contribution is -2.37. The Morgan fingerprint density at radius 1 is 1.16 bits per heavy atom. The molecule has 5 rings (SSSR count). The van der Waals surface area contributed by atoms with Gasteiger partial charge in [-0.2, -0.15) is 0 Å². The van der Waals surface area contributed by atoms with Gasteiger partial charge in [-0.3, -0.25) is 19.1 Å². The summed E-state index contributed by atoms with van der Waals surface area (Å²) in [5.74, 6) is 0.00609. The molecule has 230 valence electrons. The quantitative estimate of drug-likeness (QED) is 0.252. The van der Waals surface area contributed by atoms with E-state index in [1.165, 1.54) is 11.3 Å². The van der Waals surface area contributed by atoms with Crippen LogP contribution in [0.4, 0.5) is 10.5 Å². The number of aliphatic hydroxyl groups excluding tert-OH is 1. The van der Waals surface area contributed by atoms with Gasteiger partial charge in [0.25, 0.3) is 11.5 Å². The minimum Gasteiger partial charge on any atom is -0.487 e. The summed E-state index contributed by atoms with van der Waals surface area (Å²) >= 11 is 7.11. The lowest BCUT2D eigenvalue weighted by atomic mass is 9.93. The summed E-state index contributed by atoms with van der Waals surface area (Å²) in [6, 6.07) is 12.7. The van der Waals surface area contributed by atoms with Crippen LogP contribution in [-0.4, -0.2) is 66.2 Å². The van der Waals surface area contributed by atoms with Crippen molar-refractivity contribution in [1.82, 2.24) is 15.2 Å². The number of nitrogens with one attached hydrogen (secondary N) is 2. The molecule has 2 aliphatic rings. The Morgan fingerprint density at radius 2 is 1.98 bits per heavy atom. The molecule has 0 spiro atoms. The second-order valence-electron chi connectivity index (χ2n) is 10.8. The molecule has 1 saturated heterocycles. The van der Waals surface area contributed by atoms with Crippen molar-refractivity contribution >= 4 is 40.6 Å². The van der Waals surface area contributed by atoms with Crippen molar-refractivity contribution in [3.05, 3.63) is 73.8 Å². The molecule has 2 amide bonds. The monoisotopic (exact) mass is 628 g/mol. The van der Waals surface area contributed by atoms with Crippen LogP contribution in [0.2, 0.25) is 4.34 Å². The number of benzene rings is 1. The van der Waals surface area contributed by atoms with Crippen LogP contribution in [0, 0.1) is 0 Å². The van der Waals surface area contributed by atoms with Gasteiger partial charge in [-0.05, 0) is 80.1 Å². The number of thiophene rings is 1. The fraction of sp³-hybridized carbons (Fsp3) is 0.452. The highest BCUT2D eigenvalue weighted by molar-refractivity contribution is 7.18. The highest BCUT2D eigenvalue weighted by Crippen LogP contribution is 2.27. The average Bonchev–Trinajstić information content (AvgIpc) is 3.61. The molecule has 1 aliphatic carbocycles. The fourth-order valence-corrected chi connectivity index (χ4v) is 6.45. The molecule has 10 nitrogen and oxygen atoms in total. The number of aryl methyl sites for hydroxylation is 1. The van der Waals surface area contributed by atoms with Gasteiger partial charge in [-0.1, -0.05) is 24.9 Å². The Labute approximate surface area is 259 Å². The molecule has 3 heterocycles. The molecule has 43 heavy (non-hydrogen) atoms. The molecular formula is C31H37ClN4O6S. The van der Waals surface area contributed by atoms with Crippen LogP contribution in [0.5, 0.6) is 5.75 Å². The van der Waals surface area contributed by atoms with Crippen LogP contribution in [0.25, 0.3) is 5.69 Å². The summed E-state index contributed by atoms with van der Waals surface area (Å²) in [6.45, 7) is 3.50. The van der Waals surface area contributed by atoms with Gasteiger partial charge in [-0.25, -0.2) is 4.79 Å². The van der Waals surface area contributed by atoms with Crippen molar-refractivity contribution in [3.8, 4) is 11.4 Å². The fourth-order valence-electron chi connectivity index (χ4n) is 5.49. The summed E-state index contributed by atoms with van der Waals surface area (Å²) in [7, 11) is 0. The largest absolute Gasteiger partial charge is 0.487 e. The number of carbonyl (C=O) groups excluding carboxylic acids is 2. The number of ether oxygens (including phenoxy) is 2. The molecule has 3 aromatic rings. The predicted molar refractivity (Wildman–Crippen MR) is 167 cm³/mol. The van der Waals surface area contributed by atoms with E-state index in [4.69, 9.17) is 21.1 Å². The summed E-state index contributed by atoms with van der Waals surface area (Å²) in [4.78, 5) is 40.6. The van der Waals surface area contributed by atoms with Gasteiger partial charge in [0.05, 0.1) is 34.1 Å². The smallest absolute Gasteiger partial charge is 0.414 e. The highest BCUT2D eigenvalue weighted by Gasteiger charge is 2.33. The Hall–Kier alpha value is -3.38. The number of cyclic esters (lactones) is 1. The van der Waals surface area contributed by atoms with Gasteiger partial charge in [0.2, 0.25) is 0 Å². The summed E-state index contributed by atoms with van der Waals surface area (Å²) in [5.41, 5.74) is 2.06. The Kier molecular flexibility index (Phi) is 10.4. The number of amides is 2. The lowest BCUT2D eigenvalue weighted by molar-refractivity contribution is 0.0920. The van der Waals surface area contributed by atoms with Crippen LogP contribution >= 0.6 is 22.9 Å². The first-order chi connectivity index (χ1) is 20.8. The molecule has 12 heteroatoms. The van der Waals surface area contributed by atoms with E-state index in [-0.39, 0.29) is 36.4 Å². The van der Waals surface area contributed by atoms with Gasteiger partial charge in [0.15, 0.2) is 5.75 Å². The van der Waals surface area contributed by atoms with Gasteiger partial charge in [0, 0.05) is 24.5 Å². The number of anilines is 1. The van der Waals surface area contributed by atoms with Crippen molar-refractivity contribution in [2.45, 2.75) is 63.7 Å². The van der Waals surface area contributed by atoms with Crippen LogP contribution in [-0.2, 0) is 11.2 Å². The zero-order chi connectivity index (χ0) is 30.3. The topological polar surface area (TPSA) is 122 Å². The van der Waals surface area contributed by atoms with Crippen LogP contribution in [0.3, 0.4) is 0 Å². The van der Waals surface area contributed by atoms with E-state index in [0.29, 0.717) is 40.5 Å². The second kappa shape index (κ2) is 14.4. The number of aliphatic hydroxyl groups is 1. The zero-order valence-electron chi connectivity index (χ0n) is 24.1. The first-order valence-corrected chi connectivity index (χ1v) is 15.9. The minimum atomic E-state index is -0.503. The van der Waals surface area contributed by atoms with E-state index >= 15 is 0 Å². The minimum absolute atomic E-state index is 0.179. The maximum absolute atomic E-state index is 13.4. The van der Waals surface area contributed by atoms with E-state index in [0.717, 1.165) is 43.4 Å². The highest BCUT2D eigenvalue weighted by atomic mass is 35.5. The molecule has 1 saturated carbocycles. The third-order valence-corrected chi connectivity index (χ3v) is 8.95. The van der Waals surface area contributed by atoms with E-state index in [1.54, 1.807) is 46.0 Å². The third-order valence-electron chi connectivity index (χ3n) is 7.72. The SMILES string of the molecule is CCCc1cc(N2C[C@H](CNC(=O)c3ccc(Cl)s3)OC2=O)ccc1-n1cccc(OCCNC2CCC(O)CC2)c1=O.